The third-order valence-electron chi connectivity index (χ3n) is 6.38. The highest BCUT2D eigenvalue weighted by Crippen LogP contribution is 2.37. The number of benzene rings is 1. The fraction of sp³-hybridized carbons (Fsp3) is 0.667. The Morgan fingerprint density at radius 3 is 2.48 bits per heavy atom. The molecule has 2 unspecified atom stereocenters. The van der Waals surface area contributed by atoms with Crippen LogP contribution in [0.2, 0.25) is 0 Å². The van der Waals surface area contributed by atoms with E-state index in [0.717, 1.165) is 51.6 Å². The maximum atomic E-state index is 14.2. The molecule has 1 saturated heterocycles. The fourth-order valence-corrected chi connectivity index (χ4v) is 4.61. The van der Waals surface area contributed by atoms with Crippen molar-refractivity contribution in [1.82, 2.24) is 0 Å². The van der Waals surface area contributed by atoms with Gasteiger partial charge in [-0.25, -0.2) is 4.39 Å². The van der Waals surface area contributed by atoms with E-state index < -0.39 is 11.6 Å². The van der Waals surface area contributed by atoms with Gasteiger partial charge >= 0.3 is 0 Å². The number of hydrogen-bond acceptors (Lipinski definition) is 3. The lowest BCUT2D eigenvalue weighted by atomic mass is 9.76. The van der Waals surface area contributed by atoms with Gasteiger partial charge in [-0.15, -0.1) is 6.58 Å². The van der Waals surface area contributed by atoms with Crippen molar-refractivity contribution in [3.8, 4) is 5.75 Å². The lowest BCUT2D eigenvalue weighted by molar-refractivity contribution is -0.0532. The quantitative estimate of drug-likeness (QED) is 0.455. The standard InChI is InChI=1S/C24H34F2O3/c1-3-5-6-20-13-9-18(15-28-20)17-7-11-21(12-8-17)29-16-19-10-14-22(27-4-2)24(26)23(19)25/h3,10,14,17-18,20-21H,1,4-9,11-13,15-16H2,2H3. The molecule has 5 heteroatoms. The van der Waals surface area contributed by atoms with Crippen molar-refractivity contribution in [2.24, 2.45) is 11.8 Å². The van der Waals surface area contributed by atoms with Crippen LogP contribution in [0.15, 0.2) is 24.8 Å². The minimum Gasteiger partial charge on any atom is -0.491 e. The minimum atomic E-state index is -0.930. The van der Waals surface area contributed by atoms with Gasteiger partial charge in [0.05, 0.1) is 32.0 Å². The highest BCUT2D eigenvalue weighted by atomic mass is 19.2. The summed E-state index contributed by atoms with van der Waals surface area (Å²) >= 11 is 0. The largest absolute Gasteiger partial charge is 0.491 e. The number of hydrogen-bond donors (Lipinski definition) is 0. The summed E-state index contributed by atoms with van der Waals surface area (Å²) in [5.74, 6) is -0.505. The molecule has 3 nitrogen and oxygen atoms in total. The first-order valence-electron chi connectivity index (χ1n) is 11.1. The minimum absolute atomic E-state index is 0.0457. The van der Waals surface area contributed by atoms with Crippen molar-refractivity contribution in [2.75, 3.05) is 13.2 Å². The van der Waals surface area contributed by atoms with Gasteiger partial charge in [-0.1, -0.05) is 6.08 Å². The van der Waals surface area contributed by atoms with Crippen LogP contribution in [0.3, 0.4) is 0 Å². The highest BCUT2D eigenvalue weighted by molar-refractivity contribution is 5.30. The van der Waals surface area contributed by atoms with Crippen LogP contribution in [0, 0.1) is 23.5 Å². The Morgan fingerprint density at radius 1 is 1.07 bits per heavy atom. The second-order valence-electron chi connectivity index (χ2n) is 8.29. The molecule has 162 valence electrons. The van der Waals surface area contributed by atoms with Gasteiger partial charge in [-0.3, -0.25) is 0 Å². The Balaban J connectivity index is 1.40. The predicted octanol–water partition coefficient (Wildman–Crippen LogP) is 6.20. The maximum absolute atomic E-state index is 14.2. The molecule has 1 aliphatic carbocycles. The molecule has 2 aliphatic rings. The predicted molar refractivity (Wildman–Crippen MR) is 110 cm³/mol. The second-order valence-corrected chi connectivity index (χ2v) is 8.29. The third-order valence-corrected chi connectivity index (χ3v) is 6.38. The number of rotatable bonds is 9. The molecule has 2 atom stereocenters. The van der Waals surface area contributed by atoms with E-state index >= 15 is 0 Å². The van der Waals surface area contributed by atoms with Gasteiger partial charge in [0, 0.05) is 5.56 Å². The van der Waals surface area contributed by atoms with Gasteiger partial charge in [0.25, 0.3) is 0 Å². The zero-order valence-corrected chi connectivity index (χ0v) is 17.5. The first-order chi connectivity index (χ1) is 14.1. The van der Waals surface area contributed by atoms with Crippen LogP contribution in [0.4, 0.5) is 8.78 Å². The third kappa shape index (κ3) is 6.02. The molecule has 29 heavy (non-hydrogen) atoms. The van der Waals surface area contributed by atoms with Gasteiger partial charge in [0.1, 0.15) is 0 Å². The van der Waals surface area contributed by atoms with E-state index in [-0.39, 0.29) is 24.0 Å². The van der Waals surface area contributed by atoms with E-state index in [2.05, 4.69) is 6.58 Å². The van der Waals surface area contributed by atoms with Crippen LogP contribution >= 0.6 is 0 Å². The van der Waals surface area contributed by atoms with Gasteiger partial charge in [-0.05, 0) is 82.3 Å². The van der Waals surface area contributed by atoms with Crippen LogP contribution in [-0.4, -0.2) is 25.4 Å². The summed E-state index contributed by atoms with van der Waals surface area (Å²) in [6.45, 7) is 6.80. The molecule has 1 aliphatic heterocycles. The lowest BCUT2D eigenvalue weighted by Crippen LogP contribution is -2.33. The summed E-state index contributed by atoms with van der Waals surface area (Å²) in [5, 5.41) is 0. The smallest absolute Gasteiger partial charge is 0.200 e. The Kier molecular flexibility index (Phi) is 8.49. The Bertz CT molecular complexity index is 648. The molecule has 0 amide bonds. The average molecular weight is 409 g/mol. The van der Waals surface area contributed by atoms with E-state index in [0.29, 0.717) is 24.5 Å². The monoisotopic (exact) mass is 408 g/mol. The number of allylic oxidation sites excluding steroid dienone is 1. The molecule has 0 N–H and O–H groups in total. The summed E-state index contributed by atoms with van der Waals surface area (Å²) < 4.78 is 45.3. The zero-order valence-electron chi connectivity index (χ0n) is 17.5. The van der Waals surface area contributed by atoms with Crippen LogP contribution in [0.5, 0.6) is 5.75 Å². The molecule has 0 aromatic heterocycles. The molecular weight excluding hydrogens is 374 g/mol. The van der Waals surface area contributed by atoms with E-state index in [1.54, 1.807) is 13.0 Å². The Morgan fingerprint density at radius 2 is 1.83 bits per heavy atom. The van der Waals surface area contributed by atoms with Gasteiger partial charge in [0.15, 0.2) is 11.6 Å². The maximum Gasteiger partial charge on any atom is 0.200 e. The normalized spacial score (nSPS) is 27.6. The summed E-state index contributed by atoms with van der Waals surface area (Å²) in [6, 6.07) is 3.03. The molecule has 0 spiro atoms. The van der Waals surface area contributed by atoms with Crippen LogP contribution in [0.25, 0.3) is 0 Å². The molecular formula is C24H34F2O3. The summed E-state index contributed by atoms with van der Waals surface area (Å²) in [4.78, 5) is 0. The molecule has 2 fully saturated rings. The van der Waals surface area contributed by atoms with Crippen LogP contribution in [-0.2, 0) is 16.1 Å². The SMILES string of the molecule is C=CCCC1CCC(C2CCC(OCc3ccc(OCC)c(F)c3F)CC2)CO1. The molecule has 3 rings (SSSR count). The van der Waals surface area contributed by atoms with E-state index in [1.165, 1.54) is 12.5 Å². The summed E-state index contributed by atoms with van der Waals surface area (Å²) in [6.07, 6.45) is 11.2. The van der Waals surface area contributed by atoms with E-state index in [1.807, 2.05) is 6.08 Å². The first-order valence-corrected chi connectivity index (χ1v) is 11.1. The average Bonchev–Trinajstić information content (AvgIpc) is 2.76. The van der Waals surface area contributed by atoms with Gasteiger partial charge in [-0.2, -0.15) is 4.39 Å². The Hall–Kier alpha value is -1.46. The molecule has 1 aromatic rings. The fourth-order valence-electron chi connectivity index (χ4n) is 4.61. The van der Waals surface area contributed by atoms with Crippen molar-refractivity contribution in [3.63, 3.8) is 0 Å². The van der Waals surface area contributed by atoms with Gasteiger partial charge < -0.3 is 14.2 Å². The lowest BCUT2D eigenvalue weighted by Gasteiger charge is -2.37. The van der Waals surface area contributed by atoms with Crippen molar-refractivity contribution in [3.05, 3.63) is 42.0 Å². The van der Waals surface area contributed by atoms with Crippen molar-refractivity contribution in [1.29, 1.82) is 0 Å². The summed E-state index contributed by atoms with van der Waals surface area (Å²) in [5.41, 5.74) is 0.249. The summed E-state index contributed by atoms with van der Waals surface area (Å²) in [7, 11) is 0. The molecule has 1 saturated carbocycles. The van der Waals surface area contributed by atoms with Crippen LogP contribution in [0.1, 0.15) is 63.9 Å². The van der Waals surface area contributed by atoms with Crippen LogP contribution < -0.4 is 4.74 Å². The van der Waals surface area contributed by atoms with Gasteiger partial charge in [0.2, 0.25) is 5.82 Å². The van der Waals surface area contributed by atoms with E-state index in [9.17, 15) is 8.78 Å². The molecule has 0 bridgehead atoms. The molecule has 1 aromatic carbocycles. The zero-order chi connectivity index (χ0) is 20.6. The molecule has 0 radical (unpaired) electrons. The van der Waals surface area contributed by atoms with Crippen molar-refractivity contribution in [2.45, 2.75) is 77.1 Å². The number of ether oxygens (including phenoxy) is 3. The molecule has 1 heterocycles. The first kappa shape index (κ1) is 22.2. The second kappa shape index (κ2) is 11.1. The van der Waals surface area contributed by atoms with E-state index in [4.69, 9.17) is 14.2 Å². The van der Waals surface area contributed by atoms with Crippen molar-refractivity contribution < 1.29 is 23.0 Å². The number of halogens is 2. The Labute approximate surface area is 173 Å². The van der Waals surface area contributed by atoms with Crippen molar-refractivity contribution >= 4 is 0 Å². The topological polar surface area (TPSA) is 27.7 Å². The highest BCUT2D eigenvalue weighted by Gasteiger charge is 2.31.